The third kappa shape index (κ3) is 3.89. The summed E-state index contributed by atoms with van der Waals surface area (Å²) < 4.78 is 0. The van der Waals surface area contributed by atoms with Gasteiger partial charge in [-0.05, 0) is 31.2 Å². The van der Waals surface area contributed by atoms with Crippen LogP contribution < -0.4 is 5.32 Å². The van der Waals surface area contributed by atoms with Crippen molar-refractivity contribution in [3.05, 3.63) is 0 Å². The van der Waals surface area contributed by atoms with E-state index in [-0.39, 0.29) is 6.04 Å². The Kier molecular flexibility index (Phi) is 5.47. The largest absolute Gasteiger partial charge is 0.308 e. The second-order valence-corrected chi connectivity index (χ2v) is 5.51. The SMILES string of the molecule is CCNC(CC1(C)CCCCC1)C(=O)CC. The van der Waals surface area contributed by atoms with Crippen LogP contribution in [0, 0.1) is 5.41 Å². The average molecular weight is 225 g/mol. The third-order valence-electron chi connectivity index (χ3n) is 3.95. The maximum Gasteiger partial charge on any atom is 0.149 e. The minimum atomic E-state index is 0.0955. The molecular formula is C14H27NO. The molecule has 1 aliphatic carbocycles. The van der Waals surface area contributed by atoms with Crippen LogP contribution in [0.4, 0.5) is 0 Å². The number of carbonyl (C=O) groups is 1. The van der Waals surface area contributed by atoms with Gasteiger partial charge in [-0.25, -0.2) is 0 Å². The summed E-state index contributed by atoms with van der Waals surface area (Å²) in [6.45, 7) is 7.31. The molecule has 1 rings (SSSR count). The molecule has 0 heterocycles. The molecule has 0 saturated heterocycles. The summed E-state index contributed by atoms with van der Waals surface area (Å²) in [5.74, 6) is 0.383. The Morgan fingerprint density at radius 3 is 2.38 bits per heavy atom. The van der Waals surface area contributed by atoms with Gasteiger partial charge in [-0.2, -0.15) is 0 Å². The molecule has 0 aromatic carbocycles. The van der Waals surface area contributed by atoms with E-state index in [0.29, 0.717) is 17.6 Å². The van der Waals surface area contributed by atoms with Gasteiger partial charge in [-0.15, -0.1) is 0 Å². The molecule has 0 bridgehead atoms. The molecule has 16 heavy (non-hydrogen) atoms. The molecule has 1 fully saturated rings. The number of hydrogen-bond donors (Lipinski definition) is 1. The van der Waals surface area contributed by atoms with Gasteiger partial charge in [-0.1, -0.05) is 40.0 Å². The molecule has 1 N–H and O–H groups in total. The van der Waals surface area contributed by atoms with Crippen molar-refractivity contribution in [2.75, 3.05) is 6.54 Å². The predicted octanol–water partition coefficient (Wildman–Crippen LogP) is 3.30. The van der Waals surface area contributed by atoms with Crippen LogP contribution in [0.15, 0.2) is 0 Å². The van der Waals surface area contributed by atoms with E-state index in [1.807, 2.05) is 6.92 Å². The van der Waals surface area contributed by atoms with Gasteiger partial charge in [0.05, 0.1) is 6.04 Å². The van der Waals surface area contributed by atoms with E-state index >= 15 is 0 Å². The molecular weight excluding hydrogens is 198 g/mol. The lowest BCUT2D eigenvalue weighted by Crippen LogP contribution is -2.41. The van der Waals surface area contributed by atoms with Crippen LogP contribution in [0.1, 0.15) is 65.7 Å². The summed E-state index contributed by atoms with van der Waals surface area (Å²) >= 11 is 0. The molecule has 2 heteroatoms. The Bertz CT molecular complexity index is 219. The van der Waals surface area contributed by atoms with E-state index < -0.39 is 0 Å². The Morgan fingerprint density at radius 2 is 1.88 bits per heavy atom. The van der Waals surface area contributed by atoms with Crippen LogP contribution in [0.25, 0.3) is 0 Å². The van der Waals surface area contributed by atoms with Gasteiger partial charge >= 0.3 is 0 Å². The van der Waals surface area contributed by atoms with Crippen molar-refractivity contribution in [3.63, 3.8) is 0 Å². The third-order valence-corrected chi connectivity index (χ3v) is 3.95. The van der Waals surface area contributed by atoms with Gasteiger partial charge in [0.25, 0.3) is 0 Å². The van der Waals surface area contributed by atoms with E-state index in [2.05, 4.69) is 19.2 Å². The van der Waals surface area contributed by atoms with Gasteiger partial charge < -0.3 is 5.32 Å². The molecule has 1 atom stereocenters. The van der Waals surface area contributed by atoms with Crippen LogP contribution in [0.2, 0.25) is 0 Å². The Hall–Kier alpha value is -0.370. The zero-order valence-electron chi connectivity index (χ0n) is 11.1. The summed E-state index contributed by atoms with van der Waals surface area (Å²) in [6.07, 6.45) is 8.35. The number of hydrogen-bond acceptors (Lipinski definition) is 2. The number of ketones is 1. The number of rotatable bonds is 6. The molecule has 0 spiro atoms. The van der Waals surface area contributed by atoms with Crippen LogP contribution in [-0.2, 0) is 4.79 Å². The second kappa shape index (κ2) is 6.39. The van der Waals surface area contributed by atoms with Crippen LogP contribution in [-0.4, -0.2) is 18.4 Å². The van der Waals surface area contributed by atoms with Gasteiger partial charge in [0, 0.05) is 6.42 Å². The number of nitrogens with one attached hydrogen (secondary N) is 1. The molecule has 0 aromatic heterocycles. The summed E-state index contributed by atoms with van der Waals surface area (Å²) in [6, 6.07) is 0.0955. The number of likely N-dealkylation sites (N-methyl/N-ethyl adjacent to an activating group) is 1. The molecule has 1 saturated carbocycles. The van der Waals surface area contributed by atoms with Crippen molar-refractivity contribution in [2.45, 2.75) is 71.8 Å². The first kappa shape index (κ1) is 13.7. The normalized spacial score (nSPS) is 21.7. The van der Waals surface area contributed by atoms with Crippen molar-refractivity contribution in [3.8, 4) is 0 Å². The van der Waals surface area contributed by atoms with E-state index in [4.69, 9.17) is 0 Å². The lowest BCUT2D eigenvalue weighted by atomic mass is 9.71. The molecule has 0 aromatic rings. The molecule has 1 aliphatic rings. The fraction of sp³-hybridized carbons (Fsp3) is 0.929. The Labute approximate surface area is 100 Å². The first-order chi connectivity index (χ1) is 7.61. The molecule has 0 amide bonds. The van der Waals surface area contributed by atoms with E-state index in [9.17, 15) is 4.79 Å². The average Bonchev–Trinajstić information content (AvgIpc) is 2.28. The molecule has 0 aliphatic heterocycles. The highest BCUT2D eigenvalue weighted by Crippen LogP contribution is 2.39. The summed E-state index contributed by atoms with van der Waals surface area (Å²) in [7, 11) is 0. The van der Waals surface area contributed by atoms with Crippen molar-refractivity contribution >= 4 is 5.78 Å². The van der Waals surface area contributed by atoms with Crippen molar-refractivity contribution < 1.29 is 4.79 Å². The molecule has 1 unspecified atom stereocenters. The fourth-order valence-electron chi connectivity index (χ4n) is 2.89. The lowest BCUT2D eigenvalue weighted by Gasteiger charge is -2.36. The topological polar surface area (TPSA) is 29.1 Å². The highest BCUT2D eigenvalue weighted by Gasteiger charge is 2.31. The minimum absolute atomic E-state index is 0.0955. The lowest BCUT2D eigenvalue weighted by molar-refractivity contribution is -0.121. The van der Waals surface area contributed by atoms with Gasteiger partial charge in [0.15, 0.2) is 0 Å². The second-order valence-electron chi connectivity index (χ2n) is 5.51. The predicted molar refractivity (Wildman–Crippen MR) is 68.6 cm³/mol. The smallest absolute Gasteiger partial charge is 0.149 e. The van der Waals surface area contributed by atoms with Gasteiger partial charge in [-0.3, -0.25) is 4.79 Å². The maximum absolute atomic E-state index is 11.9. The monoisotopic (exact) mass is 225 g/mol. The first-order valence-corrected chi connectivity index (χ1v) is 6.87. The maximum atomic E-state index is 11.9. The molecule has 94 valence electrons. The highest BCUT2D eigenvalue weighted by atomic mass is 16.1. The van der Waals surface area contributed by atoms with Gasteiger partial charge in [0.2, 0.25) is 0 Å². The number of Topliss-reactive ketones (excluding diaryl/α,β-unsaturated/α-hetero) is 1. The summed E-state index contributed by atoms with van der Waals surface area (Å²) in [5, 5.41) is 3.36. The number of carbonyl (C=O) groups excluding carboxylic acids is 1. The minimum Gasteiger partial charge on any atom is -0.308 e. The van der Waals surface area contributed by atoms with Crippen LogP contribution >= 0.6 is 0 Å². The Balaban J connectivity index is 2.55. The Morgan fingerprint density at radius 1 is 1.25 bits per heavy atom. The van der Waals surface area contributed by atoms with Crippen molar-refractivity contribution in [2.24, 2.45) is 5.41 Å². The summed E-state index contributed by atoms with van der Waals surface area (Å²) in [4.78, 5) is 11.9. The first-order valence-electron chi connectivity index (χ1n) is 6.87. The highest BCUT2D eigenvalue weighted by molar-refractivity contribution is 5.83. The quantitative estimate of drug-likeness (QED) is 0.751. The van der Waals surface area contributed by atoms with Crippen LogP contribution in [0.5, 0.6) is 0 Å². The van der Waals surface area contributed by atoms with Crippen molar-refractivity contribution in [1.29, 1.82) is 0 Å². The molecule has 0 radical (unpaired) electrons. The van der Waals surface area contributed by atoms with Crippen molar-refractivity contribution in [1.82, 2.24) is 5.32 Å². The van der Waals surface area contributed by atoms with Gasteiger partial charge in [0.1, 0.15) is 5.78 Å². The fourth-order valence-corrected chi connectivity index (χ4v) is 2.89. The van der Waals surface area contributed by atoms with E-state index in [1.54, 1.807) is 0 Å². The van der Waals surface area contributed by atoms with Crippen LogP contribution in [0.3, 0.4) is 0 Å². The summed E-state index contributed by atoms with van der Waals surface area (Å²) in [5.41, 5.74) is 0.399. The van der Waals surface area contributed by atoms with E-state index in [0.717, 1.165) is 13.0 Å². The zero-order chi connectivity index (χ0) is 12.0. The molecule has 2 nitrogen and oxygen atoms in total. The van der Waals surface area contributed by atoms with E-state index in [1.165, 1.54) is 32.1 Å². The zero-order valence-corrected chi connectivity index (χ0v) is 11.1. The standard InChI is InChI=1S/C14H27NO/c1-4-13(16)12(15-5-2)11-14(3)9-7-6-8-10-14/h12,15H,4-11H2,1-3H3.